The van der Waals surface area contributed by atoms with Gasteiger partial charge in [0, 0.05) is 61.8 Å². The second-order valence-corrected chi connectivity index (χ2v) is 11.5. The molecule has 1 saturated heterocycles. The molecular formula is C36H48Cl4N4O6. The second kappa shape index (κ2) is 20.5. The van der Waals surface area contributed by atoms with Crippen LogP contribution in [0.4, 0.5) is 0 Å². The van der Waals surface area contributed by atoms with Gasteiger partial charge >= 0.3 is 0 Å². The maximum atomic E-state index is 5.56. The van der Waals surface area contributed by atoms with Crippen molar-refractivity contribution in [2.45, 2.75) is 39.0 Å². The average molecular weight is 775 g/mol. The highest BCUT2D eigenvalue weighted by molar-refractivity contribution is 5.86. The maximum Gasteiger partial charge on any atom is 0.203 e. The molecule has 4 aromatic rings. The third-order valence-electron chi connectivity index (χ3n) is 8.59. The molecule has 0 aliphatic carbocycles. The highest BCUT2D eigenvalue weighted by Crippen LogP contribution is 2.42. The summed E-state index contributed by atoms with van der Waals surface area (Å²) in [4.78, 5) is 14.4. The van der Waals surface area contributed by atoms with Gasteiger partial charge in [0.05, 0.1) is 54.0 Å². The SMILES string of the molecule is COc1cc(-c2cc(CN3C[C@H](C)N(Cc4ccnc(-c5cc(OC)c(OC)c(OC)c5)c4)C[C@H]3C)ccn2)cc(OC)c1OC.Cl.Cl.Cl.Cl. The van der Waals surface area contributed by atoms with Gasteiger partial charge < -0.3 is 28.4 Å². The first-order valence-corrected chi connectivity index (χ1v) is 15.3. The first kappa shape index (κ1) is 44.6. The summed E-state index contributed by atoms with van der Waals surface area (Å²) in [5, 5.41) is 0. The van der Waals surface area contributed by atoms with Crippen LogP contribution in [-0.2, 0) is 13.1 Å². The number of benzene rings is 2. The minimum Gasteiger partial charge on any atom is -0.493 e. The standard InChI is InChI=1S/C36H44N4O6.4ClH/c1-23-19-40(22-26-10-12-38-30(14-26)28-17-33(43-5)36(46-8)34(18-28)44-6)24(2)20-39(23)21-25-9-11-37-29(13-25)27-15-31(41-3)35(45-7)32(16-27)42-4;;;;/h9-18,23-24H,19-22H2,1-8H3;4*1H/t23-,24+;;;;. The molecular weight excluding hydrogens is 726 g/mol. The van der Waals surface area contributed by atoms with Gasteiger partial charge in [0.25, 0.3) is 0 Å². The highest BCUT2D eigenvalue weighted by Gasteiger charge is 2.29. The molecule has 2 aromatic carbocycles. The summed E-state index contributed by atoms with van der Waals surface area (Å²) in [6.45, 7) is 8.17. The minimum atomic E-state index is 0. The van der Waals surface area contributed by atoms with E-state index in [0.717, 1.165) is 48.7 Å². The lowest BCUT2D eigenvalue weighted by atomic mass is 10.0. The van der Waals surface area contributed by atoms with Crippen LogP contribution in [-0.4, -0.2) is 87.6 Å². The number of halogens is 4. The smallest absolute Gasteiger partial charge is 0.203 e. The van der Waals surface area contributed by atoms with E-state index in [1.54, 1.807) is 42.7 Å². The van der Waals surface area contributed by atoms with Gasteiger partial charge in [0.15, 0.2) is 23.0 Å². The van der Waals surface area contributed by atoms with E-state index in [0.29, 0.717) is 46.6 Å². The van der Waals surface area contributed by atoms with Gasteiger partial charge in [0.1, 0.15) is 0 Å². The average Bonchev–Trinajstić information content (AvgIpc) is 3.09. The van der Waals surface area contributed by atoms with Gasteiger partial charge in [-0.05, 0) is 73.5 Å². The molecule has 5 rings (SSSR count). The molecule has 0 radical (unpaired) electrons. The Morgan fingerprint density at radius 1 is 0.520 bits per heavy atom. The third kappa shape index (κ3) is 9.90. The van der Waals surface area contributed by atoms with E-state index in [1.165, 1.54) is 11.1 Å². The molecule has 1 fully saturated rings. The zero-order chi connectivity index (χ0) is 32.8. The predicted octanol–water partition coefficient (Wildman–Crippen LogP) is 7.64. The van der Waals surface area contributed by atoms with Crippen molar-refractivity contribution in [3.8, 4) is 57.0 Å². The van der Waals surface area contributed by atoms with Crippen molar-refractivity contribution in [2.75, 3.05) is 55.7 Å². The lowest BCUT2D eigenvalue weighted by Gasteiger charge is -2.44. The molecule has 0 amide bonds. The van der Waals surface area contributed by atoms with Crippen molar-refractivity contribution in [3.63, 3.8) is 0 Å². The number of nitrogens with zero attached hydrogens (tertiary/aromatic N) is 4. The van der Waals surface area contributed by atoms with Gasteiger partial charge in [-0.25, -0.2) is 0 Å². The van der Waals surface area contributed by atoms with Gasteiger partial charge in [-0.15, -0.1) is 49.6 Å². The fraction of sp³-hybridized carbons (Fsp3) is 0.389. The van der Waals surface area contributed by atoms with E-state index >= 15 is 0 Å². The quantitative estimate of drug-likeness (QED) is 0.143. The third-order valence-corrected chi connectivity index (χ3v) is 8.59. The van der Waals surface area contributed by atoms with E-state index in [-0.39, 0.29) is 49.6 Å². The number of methoxy groups -OCH3 is 6. The van der Waals surface area contributed by atoms with Crippen molar-refractivity contribution in [1.82, 2.24) is 19.8 Å². The predicted molar refractivity (Wildman–Crippen MR) is 207 cm³/mol. The number of aromatic nitrogens is 2. The van der Waals surface area contributed by atoms with Crippen LogP contribution < -0.4 is 28.4 Å². The van der Waals surface area contributed by atoms with Crippen LogP contribution in [0.5, 0.6) is 34.5 Å². The molecule has 50 heavy (non-hydrogen) atoms. The van der Waals surface area contributed by atoms with E-state index < -0.39 is 0 Å². The van der Waals surface area contributed by atoms with Gasteiger partial charge in [-0.1, -0.05) is 0 Å². The summed E-state index contributed by atoms with van der Waals surface area (Å²) >= 11 is 0. The Kier molecular flexibility index (Phi) is 18.3. The fourth-order valence-electron chi connectivity index (χ4n) is 6.10. The van der Waals surface area contributed by atoms with Crippen LogP contribution in [0.3, 0.4) is 0 Å². The molecule has 0 bridgehead atoms. The topological polar surface area (TPSA) is 87.6 Å². The van der Waals surface area contributed by atoms with Gasteiger partial charge in [-0.2, -0.15) is 0 Å². The number of hydrogen-bond donors (Lipinski definition) is 0. The van der Waals surface area contributed by atoms with Crippen LogP contribution in [0.2, 0.25) is 0 Å². The van der Waals surface area contributed by atoms with Crippen molar-refractivity contribution in [1.29, 1.82) is 0 Å². The fourth-order valence-corrected chi connectivity index (χ4v) is 6.10. The molecule has 1 aliphatic heterocycles. The van der Waals surface area contributed by atoms with Crippen molar-refractivity contribution in [2.24, 2.45) is 0 Å². The summed E-state index contributed by atoms with van der Waals surface area (Å²) in [5.41, 5.74) is 5.94. The van der Waals surface area contributed by atoms with E-state index in [9.17, 15) is 0 Å². The summed E-state index contributed by atoms with van der Waals surface area (Å²) in [5.74, 6) is 3.55. The van der Waals surface area contributed by atoms with Gasteiger partial charge in [-0.3, -0.25) is 19.8 Å². The van der Waals surface area contributed by atoms with Crippen molar-refractivity contribution in [3.05, 3.63) is 72.1 Å². The lowest BCUT2D eigenvalue weighted by Crippen LogP contribution is -2.55. The minimum absolute atomic E-state index is 0. The molecule has 0 unspecified atom stereocenters. The molecule has 14 heteroatoms. The van der Waals surface area contributed by atoms with Crippen molar-refractivity contribution < 1.29 is 28.4 Å². The van der Waals surface area contributed by atoms with Crippen LogP contribution in [0.25, 0.3) is 22.5 Å². The summed E-state index contributed by atoms with van der Waals surface area (Å²) < 4.78 is 33.2. The Labute approximate surface area is 320 Å². The number of pyridine rings is 2. The summed E-state index contributed by atoms with van der Waals surface area (Å²) in [7, 11) is 9.69. The largest absolute Gasteiger partial charge is 0.493 e. The molecule has 2 aromatic heterocycles. The first-order chi connectivity index (χ1) is 22.3. The molecule has 0 N–H and O–H groups in total. The molecule has 2 atom stereocenters. The monoisotopic (exact) mass is 772 g/mol. The maximum absolute atomic E-state index is 5.56. The normalized spacial score (nSPS) is 15.6. The molecule has 276 valence electrons. The van der Waals surface area contributed by atoms with E-state index in [2.05, 4.69) is 57.9 Å². The van der Waals surface area contributed by atoms with Crippen LogP contribution in [0.1, 0.15) is 25.0 Å². The Bertz CT molecular complexity index is 1500. The highest BCUT2D eigenvalue weighted by atomic mass is 35.5. The number of piperazine rings is 1. The molecule has 0 saturated carbocycles. The Morgan fingerprint density at radius 2 is 0.840 bits per heavy atom. The molecule has 10 nitrogen and oxygen atoms in total. The lowest BCUT2D eigenvalue weighted by molar-refractivity contribution is 0.0328. The number of hydrogen-bond acceptors (Lipinski definition) is 10. The number of rotatable bonds is 12. The zero-order valence-corrected chi connectivity index (χ0v) is 32.9. The zero-order valence-electron chi connectivity index (χ0n) is 29.6. The van der Waals surface area contributed by atoms with Crippen LogP contribution in [0, 0.1) is 0 Å². The molecule has 3 heterocycles. The molecule has 0 spiro atoms. The second-order valence-electron chi connectivity index (χ2n) is 11.5. The first-order valence-electron chi connectivity index (χ1n) is 15.3. The van der Waals surface area contributed by atoms with Crippen LogP contribution in [0.15, 0.2) is 60.9 Å². The van der Waals surface area contributed by atoms with Crippen molar-refractivity contribution >= 4 is 49.6 Å². The summed E-state index contributed by atoms with van der Waals surface area (Å²) in [6, 6.07) is 16.9. The summed E-state index contributed by atoms with van der Waals surface area (Å²) in [6.07, 6.45) is 3.74. The van der Waals surface area contributed by atoms with Gasteiger partial charge in [0.2, 0.25) is 11.5 Å². The molecule has 1 aliphatic rings. The van der Waals surface area contributed by atoms with E-state index in [4.69, 9.17) is 28.4 Å². The Hall–Kier alpha value is -3.38. The van der Waals surface area contributed by atoms with E-state index in [1.807, 2.05) is 36.7 Å². The Balaban J connectivity index is 0.00000312. The Morgan fingerprint density at radius 3 is 1.12 bits per heavy atom. The number of ether oxygens (including phenoxy) is 6. The van der Waals surface area contributed by atoms with Crippen LogP contribution >= 0.6 is 49.6 Å².